The van der Waals surface area contributed by atoms with Crippen LogP contribution in [-0.2, 0) is 11.2 Å². The molecule has 2 aliphatic heterocycles. The Bertz CT molecular complexity index is 370. The molecule has 2 aliphatic rings. The zero-order chi connectivity index (χ0) is 11.0. The molecule has 0 spiro atoms. The normalized spacial score (nSPS) is 28.8. The summed E-state index contributed by atoms with van der Waals surface area (Å²) < 4.78 is 7.82. The first kappa shape index (κ1) is 10.1. The van der Waals surface area contributed by atoms with Crippen molar-refractivity contribution in [2.24, 2.45) is 0 Å². The van der Waals surface area contributed by atoms with Crippen molar-refractivity contribution in [3.63, 3.8) is 0 Å². The first-order valence-electron chi connectivity index (χ1n) is 6.19. The summed E-state index contributed by atoms with van der Waals surface area (Å²) in [5, 5.41) is 7.86. The molecule has 2 unspecified atom stereocenters. The summed E-state index contributed by atoms with van der Waals surface area (Å²) in [6.45, 7) is 3.97. The molecule has 1 aromatic rings. The van der Waals surface area contributed by atoms with E-state index in [4.69, 9.17) is 4.74 Å². The molecule has 1 N–H and O–H groups in total. The molecule has 88 valence electrons. The third-order valence-corrected chi connectivity index (χ3v) is 3.42. The minimum absolute atomic E-state index is 0.340. The maximum atomic E-state index is 5.78. The highest BCUT2D eigenvalue weighted by Crippen LogP contribution is 2.31. The Morgan fingerprint density at radius 1 is 1.50 bits per heavy atom. The lowest BCUT2D eigenvalue weighted by atomic mass is 10.0. The van der Waals surface area contributed by atoms with Gasteiger partial charge in [0, 0.05) is 19.6 Å². The van der Waals surface area contributed by atoms with Crippen LogP contribution in [0.25, 0.3) is 0 Å². The lowest BCUT2D eigenvalue weighted by Crippen LogP contribution is -2.32. The molecular weight excluding hydrogens is 204 g/mol. The Morgan fingerprint density at radius 3 is 3.19 bits per heavy atom. The Labute approximate surface area is 95.2 Å². The molecule has 0 aromatic carbocycles. The highest BCUT2D eigenvalue weighted by Gasteiger charge is 2.32. The summed E-state index contributed by atoms with van der Waals surface area (Å²) in [7, 11) is 0. The Kier molecular flexibility index (Phi) is 2.55. The molecule has 16 heavy (non-hydrogen) atoms. The van der Waals surface area contributed by atoms with Crippen molar-refractivity contribution >= 4 is 5.95 Å². The number of rotatable bonds is 2. The lowest BCUT2D eigenvalue weighted by Gasteiger charge is -2.28. The number of anilines is 1. The summed E-state index contributed by atoms with van der Waals surface area (Å²) >= 11 is 0. The Morgan fingerprint density at radius 2 is 2.44 bits per heavy atom. The quantitative estimate of drug-likeness (QED) is 0.821. The van der Waals surface area contributed by atoms with Crippen LogP contribution in [0, 0.1) is 0 Å². The van der Waals surface area contributed by atoms with E-state index in [9.17, 15) is 0 Å². The van der Waals surface area contributed by atoms with Crippen molar-refractivity contribution in [3.8, 4) is 0 Å². The summed E-state index contributed by atoms with van der Waals surface area (Å²) in [4.78, 5) is 4.48. The largest absolute Gasteiger partial charge is 0.376 e. The van der Waals surface area contributed by atoms with E-state index in [1.165, 1.54) is 6.42 Å². The van der Waals surface area contributed by atoms with Gasteiger partial charge in [-0.25, -0.2) is 4.68 Å². The second-order valence-corrected chi connectivity index (χ2v) is 4.48. The lowest BCUT2D eigenvalue weighted by molar-refractivity contribution is 0.0589. The molecule has 1 saturated heterocycles. The molecule has 3 heterocycles. The van der Waals surface area contributed by atoms with Crippen molar-refractivity contribution in [1.29, 1.82) is 0 Å². The van der Waals surface area contributed by atoms with Crippen molar-refractivity contribution < 1.29 is 4.74 Å². The van der Waals surface area contributed by atoms with Gasteiger partial charge in [0.1, 0.15) is 0 Å². The number of hydrogen-bond acceptors (Lipinski definition) is 4. The molecule has 2 atom stereocenters. The second kappa shape index (κ2) is 4.05. The minimum Gasteiger partial charge on any atom is -0.376 e. The van der Waals surface area contributed by atoms with Gasteiger partial charge in [-0.3, -0.25) is 0 Å². The molecule has 0 aliphatic carbocycles. The van der Waals surface area contributed by atoms with Gasteiger partial charge in [-0.15, -0.1) is 0 Å². The fraction of sp³-hybridized carbons (Fsp3) is 0.818. The van der Waals surface area contributed by atoms with Crippen molar-refractivity contribution in [2.45, 2.75) is 44.8 Å². The Hall–Kier alpha value is -1.10. The van der Waals surface area contributed by atoms with Gasteiger partial charge in [0.15, 0.2) is 5.82 Å². The number of aromatic nitrogens is 3. The van der Waals surface area contributed by atoms with Crippen LogP contribution in [0.4, 0.5) is 5.95 Å². The van der Waals surface area contributed by atoms with Crippen molar-refractivity contribution in [3.05, 3.63) is 5.82 Å². The van der Waals surface area contributed by atoms with Gasteiger partial charge < -0.3 is 10.1 Å². The van der Waals surface area contributed by atoms with Crippen molar-refractivity contribution in [2.75, 3.05) is 18.5 Å². The number of nitrogens with one attached hydrogen (secondary N) is 1. The van der Waals surface area contributed by atoms with Crippen LogP contribution in [0.5, 0.6) is 0 Å². The van der Waals surface area contributed by atoms with E-state index in [0.29, 0.717) is 12.1 Å². The summed E-state index contributed by atoms with van der Waals surface area (Å²) in [6, 6.07) is 0.381. The fourth-order valence-corrected chi connectivity index (χ4v) is 2.57. The third-order valence-electron chi connectivity index (χ3n) is 3.42. The average Bonchev–Trinajstić information content (AvgIpc) is 2.97. The van der Waals surface area contributed by atoms with Crippen LogP contribution >= 0.6 is 0 Å². The highest BCUT2D eigenvalue weighted by molar-refractivity contribution is 5.28. The van der Waals surface area contributed by atoms with Crippen LogP contribution in [0.1, 0.15) is 38.1 Å². The van der Waals surface area contributed by atoms with Gasteiger partial charge in [-0.2, -0.15) is 10.1 Å². The van der Waals surface area contributed by atoms with Crippen molar-refractivity contribution in [1.82, 2.24) is 14.8 Å². The molecular formula is C11H18N4O. The monoisotopic (exact) mass is 222 g/mol. The molecule has 0 amide bonds. The van der Waals surface area contributed by atoms with Crippen LogP contribution < -0.4 is 5.32 Å². The maximum absolute atomic E-state index is 5.78. The van der Waals surface area contributed by atoms with E-state index >= 15 is 0 Å². The average molecular weight is 222 g/mol. The molecule has 3 rings (SSSR count). The van der Waals surface area contributed by atoms with E-state index in [1.807, 2.05) is 4.68 Å². The molecule has 1 fully saturated rings. The SMILES string of the molecule is CCc1nc2n(n1)C(C1CCCO1)CCN2. The van der Waals surface area contributed by atoms with Gasteiger partial charge in [-0.1, -0.05) is 6.92 Å². The fourth-order valence-electron chi connectivity index (χ4n) is 2.57. The summed E-state index contributed by atoms with van der Waals surface area (Å²) in [5.74, 6) is 1.84. The highest BCUT2D eigenvalue weighted by atomic mass is 16.5. The van der Waals surface area contributed by atoms with Gasteiger partial charge in [0.05, 0.1) is 12.1 Å². The standard InChI is InChI=1S/C11H18N4O/c1-2-10-13-11-12-6-5-8(15(11)14-10)9-4-3-7-16-9/h8-9H,2-7H2,1H3,(H,12,13,14). The number of ether oxygens (including phenoxy) is 1. The number of fused-ring (bicyclic) bond motifs is 1. The topological polar surface area (TPSA) is 52.0 Å². The Balaban J connectivity index is 1.89. The smallest absolute Gasteiger partial charge is 0.221 e. The van der Waals surface area contributed by atoms with Crippen LogP contribution in [-0.4, -0.2) is 34.0 Å². The van der Waals surface area contributed by atoms with E-state index in [1.54, 1.807) is 0 Å². The molecule has 5 heteroatoms. The van der Waals surface area contributed by atoms with E-state index in [-0.39, 0.29) is 0 Å². The van der Waals surface area contributed by atoms with Crippen LogP contribution in [0.3, 0.4) is 0 Å². The van der Waals surface area contributed by atoms with Gasteiger partial charge in [0.25, 0.3) is 0 Å². The first-order valence-corrected chi connectivity index (χ1v) is 6.19. The maximum Gasteiger partial charge on any atom is 0.221 e. The van der Waals surface area contributed by atoms with E-state index in [2.05, 4.69) is 22.3 Å². The zero-order valence-electron chi connectivity index (χ0n) is 9.65. The predicted molar refractivity (Wildman–Crippen MR) is 60.5 cm³/mol. The summed E-state index contributed by atoms with van der Waals surface area (Å²) in [5.41, 5.74) is 0. The van der Waals surface area contributed by atoms with Gasteiger partial charge >= 0.3 is 0 Å². The van der Waals surface area contributed by atoms with Gasteiger partial charge in [-0.05, 0) is 19.3 Å². The van der Waals surface area contributed by atoms with E-state index in [0.717, 1.165) is 44.2 Å². The van der Waals surface area contributed by atoms with Crippen LogP contribution in [0.15, 0.2) is 0 Å². The molecule has 0 saturated carbocycles. The molecule has 0 bridgehead atoms. The number of nitrogens with zero attached hydrogens (tertiary/aromatic N) is 3. The third kappa shape index (κ3) is 1.59. The molecule has 5 nitrogen and oxygen atoms in total. The number of aryl methyl sites for hydroxylation is 1. The molecule has 1 aromatic heterocycles. The predicted octanol–water partition coefficient (Wildman–Crippen LogP) is 1.38. The molecule has 0 radical (unpaired) electrons. The first-order chi connectivity index (χ1) is 7.88. The summed E-state index contributed by atoms with van der Waals surface area (Å²) in [6.07, 6.45) is 4.65. The zero-order valence-corrected chi connectivity index (χ0v) is 9.65. The minimum atomic E-state index is 0.340. The number of hydrogen-bond donors (Lipinski definition) is 1. The second-order valence-electron chi connectivity index (χ2n) is 4.48. The van der Waals surface area contributed by atoms with E-state index < -0.39 is 0 Å². The van der Waals surface area contributed by atoms with Crippen LogP contribution in [0.2, 0.25) is 0 Å². The van der Waals surface area contributed by atoms with Gasteiger partial charge in [0.2, 0.25) is 5.95 Å².